The fourth-order valence-corrected chi connectivity index (χ4v) is 1.79. The van der Waals surface area contributed by atoms with Crippen LogP contribution in [0.1, 0.15) is 0 Å². The van der Waals surface area contributed by atoms with Gasteiger partial charge in [-0.3, -0.25) is 0 Å². The smallest absolute Gasteiger partial charge is 0.173 e. The van der Waals surface area contributed by atoms with Crippen LogP contribution < -0.4 is 5.73 Å². The van der Waals surface area contributed by atoms with E-state index < -0.39 is 8.77 Å². The van der Waals surface area contributed by atoms with Crippen LogP contribution in [0.15, 0.2) is 29.2 Å². The summed E-state index contributed by atoms with van der Waals surface area (Å²) in [6, 6.07) is 6.29. The van der Waals surface area contributed by atoms with E-state index in [1.807, 2.05) is 0 Å². The van der Waals surface area contributed by atoms with Crippen molar-refractivity contribution in [1.82, 2.24) is 0 Å². The number of rotatable bonds is 1. The largest absolute Gasteiger partial charge is 0.398 e. The van der Waals surface area contributed by atoms with Crippen LogP contribution in [0.5, 0.6) is 0 Å². The Balaban J connectivity index is 3.37. The summed E-state index contributed by atoms with van der Waals surface area (Å²) in [7, 11) is -3.33. The van der Waals surface area contributed by atoms with E-state index in [-0.39, 0.29) is 10.6 Å². The summed E-state index contributed by atoms with van der Waals surface area (Å²) in [4.78, 5) is 0.120. The molecule has 1 atom stereocenters. The van der Waals surface area contributed by atoms with Gasteiger partial charge < -0.3 is 10.3 Å². The van der Waals surface area contributed by atoms with Gasteiger partial charge in [0.15, 0.2) is 8.77 Å². The molecule has 3 N–H and O–H groups in total. The second kappa shape index (κ2) is 2.77. The SMILES string of the molecule is Nc1ccccc1S(=O)(O)=S. The fraction of sp³-hybridized carbons (Fsp3) is 0. The minimum atomic E-state index is -3.33. The molecule has 11 heavy (non-hydrogen) atoms. The van der Waals surface area contributed by atoms with Gasteiger partial charge in [-0.05, 0) is 12.1 Å². The zero-order valence-corrected chi connectivity index (χ0v) is 7.19. The zero-order valence-electron chi connectivity index (χ0n) is 5.56. The number of anilines is 1. The molecule has 0 radical (unpaired) electrons. The average molecular weight is 189 g/mol. The topological polar surface area (TPSA) is 63.3 Å². The third-order valence-electron chi connectivity index (χ3n) is 1.20. The van der Waals surface area contributed by atoms with Gasteiger partial charge in [0.1, 0.15) is 0 Å². The molecule has 0 bridgehead atoms. The van der Waals surface area contributed by atoms with Gasteiger partial charge in [-0.1, -0.05) is 12.1 Å². The molecule has 60 valence electrons. The summed E-state index contributed by atoms with van der Waals surface area (Å²) >= 11 is 4.34. The van der Waals surface area contributed by atoms with Gasteiger partial charge in [0, 0.05) is 11.2 Å². The van der Waals surface area contributed by atoms with Gasteiger partial charge in [-0.15, -0.1) is 0 Å². The molecular formula is C6H7NO2S2. The van der Waals surface area contributed by atoms with Crippen LogP contribution in [0.2, 0.25) is 0 Å². The monoisotopic (exact) mass is 189 g/mol. The maximum atomic E-state index is 10.9. The Morgan fingerprint density at radius 3 is 2.36 bits per heavy atom. The second-order valence-corrected chi connectivity index (χ2v) is 4.76. The summed E-state index contributed by atoms with van der Waals surface area (Å²) in [5.74, 6) is 0. The van der Waals surface area contributed by atoms with Crippen molar-refractivity contribution in [3.8, 4) is 0 Å². The third kappa shape index (κ3) is 1.89. The van der Waals surface area contributed by atoms with Crippen LogP contribution in [0.3, 0.4) is 0 Å². The van der Waals surface area contributed by atoms with E-state index in [4.69, 9.17) is 10.3 Å². The minimum absolute atomic E-state index is 0.120. The number of nitrogens with two attached hydrogens (primary N) is 1. The van der Waals surface area contributed by atoms with Crippen LogP contribution >= 0.6 is 0 Å². The number of para-hydroxylation sites is 1. The van der Waals surface area contributed by atoms with E-state index in [0.717, 1.165) is 0 Å². The van der Waals surface area contributed by atoms with Gasteiger partial charge in [0.2, 0.25) is 0 Å². The highest BCUT2D eigenvalue weighted by Crippen LogP contribution is 2.16. The van der Waals surface area contributed by atoms with Crippen molar-refractivity contribution >= 4 is 25.6 Å². The Bertz CT molecular complexity index is 359. The molecule has 1 aromatic carbocycles. The zero-order chi connectivity index (χ0) is 8.48. The van der Waals surface area contributed by atoms with Crippen molar-refractivity contribution in [3.63, 3.8) is 0 Å². The van der Waals surface area contributed by atoms with Crippen molar-refractivity contribution in [3.05, 3.63) is 24.3 Å². The van der Waals surface area contributed by atoms with Gasteiger partial charge in [-0.25, -0.2) is 4.21 Å². The maximum absolute atomic E-state index is 10.9. The summed E-state index contributed by atoms with van der Waals surface area (Å²) in [6.07, 6.45) is 0. The molecule has 0 aromatic heterocycles. The molecule has 0 aliphatic carbocycles. The first-order chi connectivity index (χ1) is 5.02. The number of benzene rings is 1. The lowest BCUT2D eigenvalue weighted by Gasteiger charge is -2.01. The molecule has 0 heterocycles. The second-order valence-electron chi connectivity index (χ2n) is 2.01. The summed E-state index contributed by atoms with van der Waals surface area (Å²) < 4.78 is 19.8. The first-order valence-corrected chi connectivity index (χ1v) is 5.28. The molecule has 1 rings (SSSR count). The highest BCUT2D eigenvalue weighted by atomic mass is 32.8. The first kappa shape index (κ1) is 8.45. The standard InChI is InChI=1S/C6H7NO2S2/c7-5-3-1-2-4-6(5)11(8,9)10/h1-4H,7H2,(H,8,9,10). The summed E-state index contributed by atoms with van der Waals surface area (Å²) in [5, 5.41) is 0. The van der Waals surface area contributed by atoms with E-state index in [1.165, 1.54) is 12.1 Å². The highest BCUT2D eigenvalue weighted by molar-refractivity contribution is 8.29. The molecule has 0 amide bonds. The molecule has 1 unspecified atom stereocenters. The van der Waals surface area contributed by atoms with Crippen molar-refractivity contribution < 1.29 is 8.76 Å². The molecular weight excluding hydrogens is 182 g/mol. The van der Waals surface area contributed by atoms with Gasteiger partial charge in [-0.2, -0.15) is 0 Å². The van der Waals surface area contributed by atoms with E-state index >= 15 is 0 Å². The molecule has 0 aliphatic rings. The maximum Gasteiger partial charge on any atom is 0.173 e. The molecule has 0 aliphatic heterocycles. The molecule has 0 spiro atoms. The Labute approximate surface area is 69.7 Å². The number of hydrogen-bond acceptors (Lipinski definition) is 3. The number of hydrogen-bond donors (Lipinski definition) is 2. The molecule has 0 saturated carbocycles. The van der Waals surface area contributed by atoms with Crippen molar-refractivity contribution in [2.45, 2.75) is 4.90 Å². The molecule has 5 heteroatoms. The normalized spacial score (nSPS) is 15.7. The Morgan fingerprint density at radius 1 is 1.45 bits per heavy atom. The van der Waals surface area contributed by atoms with Gasteiger partial charge in [0.05, 0.1) is 10.6 Å². The highest BCUT2D eigenvalue weighted by Gasteiger charge is 2.07. The summed E-state index contributed by atoms with van der Waals surface area (Å²) in [6.45, 7) is 0. The van der Waals surface area contributed by atoms with Crippen LogP contribution in [0.4, 0.5) is 5.69 Å². The lowest BCUT2D eigenvalue weighted by atomic mass is 10.3. The van der Waals surface area contributed by atoms with Crippen LogP contribution in [-0.2, 0) is 20.0 Å². The van der Waals surface area contributed by atoms with E-state index in [0.29, 0.717) is 0 Å². The van der Waals surface area contributed by atoms with Crippen LogP contribution in [-0.4, -0.2) is 8.76 Å². The fourth-order valence-electron chi connectivity index (χ4n) is 0.715. The lowest BCUT2D eigenvalue weighted by Crippen LogP contribution is -2.00. The first-order valence-electron chi connectivity index (χ1n) is 2.84. The van der Waals surface area contributed by atoms with Crippen molar-refractivity contribution in [2.24, 2.45) is 0 Å². The predicted octanol–water partition coefficient (Wildman–Crippen LogP) is 0.847. The molecule has 1 aromatic rings. The lowest BCUT2D eigenvalue weighted by molar-refractivity contribution is 0.562. The van der Waals surface area contributed by atoms with Crippen LogP contribution in [0, 0.1) is 0 Å². The van der Waals surface area contributed by atoms with Crippen LogP contribution in [0.25, 0.3) is 0 Å². The van der Waals surface area contributed by atoms with Crippen molar-refractivity contribution in [1.29, 1.82) is 0 Å². The molecule has 0 fully saturated rings. The predicted molar refractivity (Wildman–Crippen MR) is 47.3 cm³/mol. The average Bonchev–Trinajstić information content (AvgIpc) is 1.86. The quantitative estimate of drug-likeness (QED) is 0.643. The third-order valence-corrected chi connectivity index (χ3v) is 2.66. The van der Waals surface area contributed by atoms with Gasteiger partial charge >= 0.3 is 0 Å². The van der Waals surface area contributed by atoms with E-state index in [2.05, 4.69) is 11.2 Å². The number of nitrogen functional groups attached to an aromatic ring is 1. The van der Waals surface area contributed by atoms with E-state index in [9.17, 15) is 4.21 Å². The van der Waals surface area contributed by atoms with Crippen molar-refractivity contribution in [2.75, 3.05) is 5.73 Å². The Hall–Kier alpha value is -0.650. The molecule has 0 saturated heterocycles. The summed E-state index contributed by atoms with van der Waals surface area (Å²) in [5.41, 5.74) is 5.66. The Morgan fingerprint density at radius 2 is 2.00 bits per heavy atom. The van der Waals surface area contributed by atoms with Gasteiger partial charge in [0.25, 0.3) is 0 Å². The Kier molecular flexibility index (Phi) is 2.12. The molecule has 3 nitrogen and oxygen atoms in total. The van der Waals surface area contributed by atoms with E-state index in [1.54, 1.807) is 12.1 Å². The minimum Gasteiger partial charge on any atom is -0.398 e.